The van der Waals surface area contributed by atoms with Crippen molar-refractivity contribution in [1.29, 1.82) is 0 Å². The second kappa shape index (κ2) is 9.82. The van der Waals surface area contributed by atoms with Crippen molar-refractivity contribution in [3.63, 3.8) is 0 Å². The molecule has 0 aliphatic heterocycles. The maximum absolute atomic E-state index is 13.3. The van der Waals surface area contributed by atoms with Crippen molar-refractivity contribution in [2.45, 2.75) is 18.4 Å². The molecule has 0 aliphatic rings. The molecule has 0 bridgehead atoms. The topological polar surface area (TPSA) is 88.8 Å². The van der Waals surface area contributed by atoms with E-state index in [1.165, 1.54) is 18.4 Å². The maximum Gasteiger partial charge on any atom is 0.264 e. The summed E-state index contributed by atoms with van der Waals surface area (Å²) in [6.07, 6.45) is 1.51. The van der Waals surface area contributed by atoms with Gasteiger partial charge in [-0.2, -0.15) is 0 Å². The zero-order valence-electron chi connectivity index (χ0n) is 16.2. The largest absolute Gasteiger partial charge is 0.494 e. The lowest BCUT2D eigenvalue weighted by atomic mass is 10.3. The van der Waals surface area contributed by atoms with Crippen LogP contribution in [-0.4, -0.2) is 27.5 Å². The summed E-state index contributed by atoms with van der Waals surface area (Å²) in [5.74, 6) is 0.734. The maximum atomic E-state index is 13.3. The Hall–Kier alpha value is -2.78. The number of nitrogens with one attached hydrogen (secondary N) is 1. The number of ether oxygens (including phenoxy) is 1. The number of carbonyl (C=O) groups excluding carboxylic acids is 1. The van der Waals surface area contributed by atoms with Gasteiger partial charge in [0.25, 0.3) is 10.0 Å². The van der Waals surface area contributed by atoms with Gasteiger partial charge in [0.1, 0.15) is 18.1 Å². The zero-order chi connectivity index (χ0) is 21.6. The fraction of sp³-hybridized carbons (Fsp3) is 0.190. The van der Waals surface area contributed by atoms with E-state index in [2.05, 4.69) is 21.2 Å². The van der Waals surface area contributed by atoms with Crippen LogP contribution in [0.3, 0.4) is 0 Å². The molecular weight excluding hydrogens is 472 g/mol. The minimum atomic E-state index is -3.98. The van der Waals surface area contributed by atoms with E-state index in [1.807, 2.05) is 6.92 Å². The fourth-order valence-corrected chi connectivity index (χ4v) is 4.39. The van der Waals surface area contributed by atoms with Gasteiger partial charge in [0, 0.05) is 4.47 Å². The van der Waals surface area contributed by atoms with Crippen LogP contribution in [0.2, 0.25) is 0 Å². The van der Waals surface area contributed by atoms with Gasteiger partial charge in [0.05, 0.1) is 30.0 Å². The minimum absolute atomic E-state index is 0.0819. The molecule has 0 unspecified atom stereocenters. The molecule has 0 spiro atoms. The third-order valence-electron chi connectivity index (χ3n) is 4.16. The van der Waals surface area contributed by atoms with Crippen LogP contribution in [0.5, 0.6) is 5.75 Å². The second-order valence-electron chi connectivity index (χ2n) is 6.25. The molecule has 0 radical (unpaired) electrons. The van der Waals surface area contributed by atoms with E-state index in [4.69, 9.17) is 9.15 Å². The highest BCUT2D eigenvalue weighted by Gasteiger charge is 2.27. The summed E-state index contributed by atoms with van der Waals surface area (Å²) in [4.78, 5) is 12.6. The first kappa shape index (κ1) is 21.9. The van der Waals surface area contributed by atoms with Crippen molar-refractivity contribution in [2.75, 3.05) is 17.5 Å². The van der Waals surface area contributed by atoms with E-state index in [9.17, 15) is 13.2 Å². The van der Waals surface area contributed by atoms with E-state index in [-0.39, 0.29) is 18.0 Å². The third-order valence-corrected chi connectivity index (χ3v) is 6.48. The average molecular weight is 493 g/mol. The summed E-state index contributed by atoms with van der Waals surface area (Å²) in [5, 5.41) is 2.68. The molecule has 0 atom stereocenters. The SMILES string of the molecule is CCOc1ccc(N(CC(=O)NCc2ccco2)S(=O)(=O)c2ccc(Br)cc2)cc1. The normalized spacial score (nSPS) is 11.1. The van der Waals surface area contributed by atoms with Crippen LogP contribution in [0.25, 0.3) is 0 Å². The number of hydrogen-bond acceptors (Lipinski definition) is 5. The number of halogens is 1. The first-order valence-corrected chi connectivity index (χ1v) is 11.4. The molecule has 0 fully saturated rings. The molecule has 9 heteroatoms. The van der Waals surface area contributed by atoms with Crippen molar-refractivity contribution in [3.8, 4) is 5.75 Å². The molecule has 158 valence electrons. The first-order valence-electron chi connectivity index (χ1n) is 9.20. The Labute approximate surface area is 183 Å². The average Bonchev–Trinajstić information content (AvgIpc) is 3.25. The van der Waals surface area contributed by atoms with E-state index in [0.29, 0.717) is 23.8 Å². The second-order valence-corrected chi connectivity index (χ2v) is 9.03. The van der Waals surface area contributed by atoms with Gasteiger partial charge in [0.15, 0.2) is 0 Å². The molecule has 1 aromatic heterocycles. The van der Waals surface area contributed by atoms with Crippen molar-refractivity contribution >= 4 is 37.5 Å². The van der Waals surface area contributed by atoms with Gasteiger partial charge >= 0.3 is 0 Å². The molecule has 1 amide bonds. The van der Waals surface area contributed by atoms with Crippen LogP contribution in [0, 0.1) is 0 Å². The summed E-state index contributed by atoms with van der Waals surface area (Å²) < 4.78 is 39.1. The minimum Gasteiger partial charge on any atom is -0.494 e. The zero-order valence-corrected chi connectivity index (χ0v) is 18.6. The smallest absolute Gasteiger partial charge is 0.264 e. The Balaban J connectivity index is 1.87. The lowest BCUT2D eigenvalue weighted by molar-refractivity contribution is -0.119. The molecule has 1 heterocycles. The molecule has 0 saturated heterocycles. The Morgan fingerprint density at radius 1 is 1.10 bits per heavy atom. The quantitative estimate of drug-likeness (QED) is 0.488. The lowest BCUT2D eigenvalue weighted by Gasteiger charge is -2.24. The monoisotopic (exact) mass is 492 g/mol. The van der Waals surface area contributed by atoms with Gasteiger partial charge in [0.2, 0.25) is 5.91 Å². The predicted molar refractivity (Wildman–Crippen MR) is 117 cm³/mol. The Morgan fingerprint density at radius 2 is 1.80 bits per heavy atom. The van der Waals surface area contributed by atoms with Crippen molar-refractivity contribution < 1.29 is 22.4 Å². The number of nitrogens with zero attached hydrogens (tertiary/aromatic N) is 1. The lowest BCUT2D eigenvalue weighted by Crippen LogP contribution is -2.40. The highest BCUT2D eigenvalue weighted by atomic mass is 79.9. The predicted octanol–water partition coefficient (Wildman–Crippen LogP) is 3.95. The van der Waals surface area contributed by atoms with Gasteiger partial charge in [-0.1, -0.05) is 15.9 Å². The molecule has 0 saturated carbocycles. The fourth-order valence-electron chi connectivity index (χ4n) is 2.71. The van der Waals surface area contributed by atoms with E-state index in [0.717, 1.165) is 8.78 Å². The first-order chi connectivity index (χ1) is 14.4. The molecule has 3 rings (SSSR count). The molecule has 7 nitrogen and oxygen atoms in total. The van der Waals surface area contributed by atoms with Gasteiger partial charge < -0.3 is 14.5 Å². The van der Waals surface area contributed by atoms with E-state index >= 15 is 0 Å². The van der Waals surface area contributed by atoms with Crippen molar-refractivity contribution in [3.05, 3.63) is 77.2 Å². The summed E-state index contributed by atoms with van der Waals surface area (Å²) in [6.45, 7) is 2.14. The van der Waals surface area contributed by atoms with Crippen LogP contribution in [0.1, 0.15) is 12.7 Å². The van der Waals surface area contributed by atoms with Gasteiger partial charge in [-0.3, -0.25) is 9.10 Å². The molecule has 2 aromatic carbocycles. The molecule has 30 heavy (non-hydrogen) atoms. The molecule has 0 aliphatic carbocycles. The summed E-state index contributed by atoms with van der Waals surface area (Å²) >= 11 is 3.30. The third kappa shape index (κ3) is 5.43. The molecule has 3 aromatic rings. The number of amides is 1. The highest BCUT2D eigenvalue weighted by Crippen LogP contribution is 2.26. The summed E-state index contributed by atoms with van der Waals surface area (Å²) in [7, 11) is -3.98. The van der Waals surface area contributed by atoms with Crippen LogP contribution in [0.15, 0.2) is 80.7 Å². The van der Waals surface area contributed by atoms with Crippen LogP contribution >= 0.6 is 15.9 Å². The number of hydrogen-bond donors (Lipinski definition) is 1. The van der Waals surface area contributed by atoms with Crippen molar-refractivity contribution in [2.24, 2.45) is 0 Å². The van der Waals surface area contributed by atoms with Gasteiger partial charge in [-0.15, -0.1) is 0 Å². The highest BCUT2D eigenvalue weighted by molar-refractivity contribution is 9.10. The van der Waals surface area contributed by atoms with Gasteiger partial charge in [-0.05, 0) is 67.6 Å². The Bertz CT molecular complexity index is 1070. The van der Waals surface area contributed by atoms with E-state index in [1.54, 1.807) is 48.5 Å². The standard InChI is InChI=1S/C21H21BrN2O5S/c1-2-28-18-9-7-17(8-10-18)24(15-21(25)23-14-19-4-3-13-29-19)30(26,27)20-11-5-16(22)6-12-20/h3-13H,2,14-15H2,1H3,(H,23,25). The Morgan fingerprint density at radius 3 is 2.40 bits per heavy atom. The summed E-state index contributed by atoms with van der Waals surface area (Å²) in [5.41, 5.74) is 0.356. The van der Waals surface area contributed by atoms with Crippen LogP contribution in [0.4, 0.5) is 5.69 Å². The number of sulfonamides is 1. The summed E-state index contributed by atoms with van der Waals surface area (Å²) in [6, 6.07) is 16.3. The number of rotatable bonds is 9. The van der Waals surface area contributed by atoms with Crippen LogP contribution < -0.4 is 14.4 Å². The Kier molecular flexibility index (Phi) is 7.17. The molecular formula is C21H21BrN2O5S. The number of benzene rings is 2. The van der Waals surface area contributed by atoms with E-state index < -0.39 is 15.9 Å². The number of anilines is 1. The van der Waals surface area contributed by atoms with Crippen molar-refractivity contribution in [1.82, 2.24) is 5.32 Å². The van der Waals surface area contributed by atoms with Crippen LogP contribution in [-0.2, 0) is 21.4 Å². The van der Waals surface area contributed by atoms with Gasteiger partial charge in [-0.25, -0.2) is 8.42 Å². The number of furan rings is 1. The number of carbonyl (C=O) groups is 1. The molecule has 1 N–H and O–H groups in total.